The molecule has 0 bridgehead atoms. The summed E-state index contributed by atoms with van der Waals surface area (Å²) in [5.74, 6) is -1.09. The molecule has 3 rings (SSSR count). The molecule has 0 atom stereocenters. The van der Waals surface area contributed by atoms with Crippen molar-refractivity contribution in [3.8, 4) is 0 Å². The van der Waals surface area contributed by atoms with Gasteiger partial charge in [-0.3, -0.25) is 14.4 Å². The number of rotatable bonds is 6. The predicted octanol–water partition coefficient (Wildman–Crippen LogP) is 4.23. The smallest absolute Gasteiger partial charge is 0.255 e. The van der Waals surface area contributed by atoms with Crippen LogP contribution >= 0.6 is 0 Å². The van der Waals surface area contributed by atoms with Gasteiger partial charge in [0.1, 0.15) is 0 Å². The molecule has 3 aromatic carbocycles. The highest BCUT2D eigenvalue weighted by Gasteiger charge is 2.15. The van der Waals surface area contributed by atoms with Crippen molar-refractivity contribution in [3.05, 3.63) is 94.5 Å². The van der Waals surface area contributed by atoms with Crippen molar-refractivity contribution in [3.63, 3.8) is 0 Å². The number of hydrogen-bond acceptors (Lipinski definition) is 3. The van der Waals surface area contributed by atoms with Crippen LogP contribution in [0.2, 0.25) is 0 Å². The van der Waals surface area contributed by atoms with Crippen LogP contribution in [-0.2, 0) is 4.79 Å². The molecule has 0 aliphatic carbocycles. The Kier molecular flexibility index (Phi) is 6.82. The van der Waals surface area contributed by atoms with Crippen molar-refractivity contribution < 1.29 is 14.4 Å². The van der Waals surface area contributed by atoms with E-state index in [4.69, 9.17) is 0 Å². The summed E-state index contributed by atoms with van der Waals surface area (Å²) < 4.78 is 0. The van der Waals surface area contributed by atoms with E-state index in [1.165, 1.54) is 0 Å². The van der Waals surface area contributed by atoms with E-state index >= 15 is 0 Å². The number of benzene rings is 3. The number of carbonyl (C=O) groups excluding carboxylic acids is 3. The minimum absolute atomic E-state index is 0.188. The largest absolute Gasteiger partial charge is 0.343 e. The summed E-state index contributed by atoms with van der Waals surface area (Å²) in [6, 6.07) is 19.4. The summed E-state index contributed by atoms with van der Waals surface area (Å²) in [7, 11) is 0. The molecule has 0 aliphatic heterocycles. The molecule has 31 heavy (non-hydrogen) atoms. The Hall–Kier alpha value is -3.93. The Labute approximate surface area is 181 Å². The van der Waals surface area contributed by atoms with Gasteiger partial charge in [0.25, 0.3) is 11.8 Å². The normalized spacial score (nSPS) is 10.3. The number of nitrogens with one attached hydrogen (secondary N) is 3. The molecule has 0 aliphatic rings. The van der Waals surface area contributed by atoms with Gasteiger partial charge in [0.2, 0.25) is 5.91 Å². The standard InChI is InChI=1S/C25H25N3O3/c1-16-13-17(2)23(18(3)14-16)28-22(29)15-26-25(31)20-11-7-8-12-21(20)27-24(30)19-9-5-4-6-10-19/h4-14H,15H2,1-3H3,(H,26,31)(H,27,30)(H,28,29). The van der Waals surface area contributed by atoms with Gasteiger partial charge < -0.3 is 16.0 Å². The van der Waals surface area contributed by atoms with E-state index in [2.05, 4.69) is 16.0 Å². The first-order valence-corrected chi connectivity index (χ1v) is 9.96. The van der Waals surface area contributed by atoms with Crippen molar-refractivity contribution in [2.75, 3.05) is 17.2 Å². The van der Waals surface area contributed by atoms with Gasteiger partial charge in [0.15, 0.2) is 0 Å². The number of amides is 3. The summed E-state index contributed by atoms with van der Waals surface area (Å²) in [6.07, 6.45) is 0. The maximum Gasteiger partial charge on any atom is 0.255 e. The average molecular weight is 415 g/mol. The van der Waals surface area contributed by atoms with Gasteiger partial charge in [-0.15, -0.1) is 0 Å². The fourth-order valence-electron chi connectivity index (χ4n) is 3.39. The number of para-hydroxylation sites is 1. The molecule has 158 valence electrons. The van der Waals surface area contributed by atoms with Gasteiger partial charge in [-0.2, -0.15) is 0 Å². The van der Waals surface area contributed by atoms with Crippen molar-refractivity contribution >= 4 is 29.1 Å². The van der Waals surface area contributed by atoms with Crippen molar-refractivity contribution in [2.24, 2.45) is 0 Å². The molecular weight excluding hydrogens is 390 g/mol. The maximum absolute atomic E-state index is 12.7. The lowest BCUT2D eigenvalue weighted by atomic mass is 10.1. The van der Waals surface area contributed by atoms with Crippen LogP contribution in [0.3, 0.4) is 0 Å². The summed E-state index contributed by atoms with van der Waals surface area (Å²) in [5, 5.41) is 8.23. The molecule has 6 nitrogen and oxygen atoms in total. The van der Waals surface area contributed by atoms with Gasteiger partial charge in [-0.1, -0.05) is 48.0 Å². The van der Waals surface area contributed by atoms with Gasteiger partial charge in [0, 0.05) is 11.3 Å². The summed E-state index contributed by atoms with van der Waals surface area (Å²) >= 11 is 0. The lowest BCUT2D eigenvalue weighted by Gasteiger charge is -2.14. The van der Waals surface area contributed by atoms with E-state index in [1.54, 1.807) is 48.5 Å². The molecule has 3 amide bonds. The number of carbonyl (C=O) groups is 3. The Balaban J connectivity index is 1.65. The van der Waals surface area contributed by atoms with Crippen LogP contribution in [0.15, 0.2) is 66.7 Å². The molecule has 0 saturated heterocycles. The molecule has 0 unspecified atom stereocenters. The fraction of sp³-hybridized carbons (Fsp3) is 0.160. The van der Waals surface area contributed by atoms with Crippen LogP contribution in [-0.4, -0.2) is 24.3 Å². The zero-order valence-electron chi connectivity index (χ0n) is 17.8. The van der Waals surface area contributed by atoms with Crippen LogP contribution < -0.4 is 16.0 Å². The van der Waals surface area contributed by atoms with Crippen LogP contribution in [0, 0.1) is 20.8 Å². The molecular formula is C25H25N3O3. The number of aryl methyl sites for hydroxylation is 3. The van der Waals surface area contributed by atoms with Crippen LogP contribution in [0.5, 0.6) is 0 Å². The molecule has 0 aromatic heterocycles. The minimum Gasteiger partial charge on any atom is -0.343 e. The zero-order valence-corrected chi connectivity index (χ0v) is 17.8. The van der Waals surface area contributed by atoms with Crippen molar-refractivity contribution in [1.29, 1.82) is 0 Å². The second kappa shape index (κ2) is 9.71. The summed E-state index contributed by atoms with van der Waals surface area (Å²) in [5.41, 5.74) is 4.94. The quantitative estimate of drug-likeness (QED) is 0.563. The molecule has 3 aromatic rings. The van der Waals surface area contributed by atoms with Gasteiger partial charge >= 0.3 is 0 Å². The van der Waals surface area contributed by atoms with E-state index < -0.39 is 5.91 Å². The van der Waals surface area contributed by atoms with Gasteiger partial charge in [0.05, 0.1) is 17.8 Å². The Bertz CT molecular complexity index is 1100. The molecule has 3 N–H and O–H groups in total. The first kappa shape index (κ1) is 21.8. The van der Waals surface area contributed by atoms with E-state index in [-0.39, 0.29) is 23.9 Å². The highest BCUT2D eigenvalue weighted by molar-refractivity contribution is 6.09. The second-order valence-corrected chi connectivity index (χ2v) is 7.37. The maximum atomic E-state index is 12.7. The van der Waals surface area contributed by atoms with Gasteiger partial charge in [-0.25, -0.2) is 0 Å². The first-order valence-electron chi connectivity index (χ1n) is 9.96. The monoisotopic (exact) mass is 415 g/mol. The molecule has 6 heteroatoms. The highest BCUT2D eigenvalue weighted by Crippen LogP contribution is 2.22. The third-order valence-electron chi connectivity index (χ3n) is 4.81. The molecule has 0 saturated carbocycles. The average Bonchev–Trinajstić information content (AvgIpc) is 2.75. The third kappa shape index (κ3) is 5.57. The summed E-state index contributed by atoms with van der Waals surface area (Å²) in [6.45, 7) is 5.67. The molecule has 0 heterocycles. The Morgan fingerprint density at radius 2 is 1.35 bits per heavy atom. The van der Waals surface area contributed by atoms with Crippen LogP contribution in [0.4, 0.5) is 11.4 Å². The van der Waals surface area contributed by atoms with E-state index in [0.29, 0.717) is 11.3 Å². The molecule has 0 fully saturated rings. The Morgan fingerprint density at radius 1 is 0.742 bits per heavy atom. The minimum atomic E-state index is -0.448. The lowest BCUT2D eigenvalue weighted by Crippen LogP contribution is -2.33. The van der Waals surface area contributed by atoms with E-state index in [9.17, 15) is 14.4 Å². The highest BCUT2D eigenvalue weighted by atomic mass is 16.2. The Morgan fingerprint density at radius 3 is 2.03 bits per heavy atom. The van der Waals surface area contributed by atoms with E-state index in [1.807, 2.05) is 39.0 Å². The van der Waals surface area contributed by atoms with Crippen LogP contribution in [0.1, 0.15) is 37.4 Å². The predicted molar refractivity (Wildman–Crippen MR) is 122 cm³/mol. The third-order valence-corrected chi connectivity index (χ3v) is 4.81. The number of hydrogen-bond donors (Lipinski definition) is 3. The second-order valence-electron chi connectivity index (χ2n) is 7.37. The summed E-state index contributed by atoms with van der Waals surface area (Å²) in [4.78, 5) is 37.5. The van der Waals surface area contributed by atoms with Crippen LogP contribution in [0.25, 0.3) is 0 Å². The lowest BCUT2D eigenvalue weighted by molar-refractivity contribution is -0.115. The first-order chi connectivity index (χ1) is 14.8. The molecule has 0 radical (unpaired) electrons. The van der Waals surface area contributed by atoms with Crippen molar-refractivity contribution in [1.82, 2.24) is 5.32 Å². The topological polar surface area (TPSA) is 87.3 Å². The molecule has 0 spiro atoms. The fourth-order valence-corrected chi connectivity index (χ4v) is 3.39. The number of anilines is 2. The zero-order chi connectivity index (χ0) is 22.4. The van der Waals surface area contributed by atoms with E-state index in [0.717, 1.165) is 22.4 Å². The SMILES string of the molecule is Cc1cc(C)c(NC(=O)CNC(=O)c2ccccc2NC(=O)c2ccccc2)c(C)c1. The van der Waals surface area contributed by atoms with Crippen molar-refractivity contribution in [2.45, 2.75) is 20.8 Å². The van der Waals surface area contributed by atoms with Gasteiger partial charge in [-0.05, 0) is 56.2 Å².